The van der Waals surface area contributed by atoms with Crippen molar-refractivity contribution in [2.24, 2.45) is 0 Å². The zero-order chi connectivity index (χ0) is 17.5. The Kier molecular flexibility index (Phi) is 6.42. The van der Waals surface area contributed by atoms with Crippen molar-refractivity contribution in [1.82, 2.24) is 15.1 Å². The molecule has 1 unspecified atom stereocenters. The van der Waals surface area contributed by atoms with Crippen molar-refractivity contribution in [3.8, 4) is 0 Å². The zero-order valence-electron chi connectivity index (χ0n) is 14.7. The van der Waals surface area contributed by atoms with E-state index in [2.05, 4.69) is 17.4 Å². The van der Waals surface area contributed by atoms with E-state index in [4.69, 9.17) is 4.74 Å². The Balaban J connectivity index is 1.37. The SMILES string of the molecule is O=C(CCCc1ccccc1)N1CCN(C(=O)C2CNCCO2)CC1. The maximum absolute atomic E-state index is 12.4. The van der Waals surface area contributed by atoms with E-state index in [1.807, 2.05) is 28.0 Å². The molecular weight excluding hydrogens is 318 g/mol. The van der Waals surface area contributed by atoms with Crippen molar-refractivity contribution in [2.45, 2.75) is 25.4 Å². The highest BCUT2D eigenvalue weighted by molar-refractivity contribution is 5.82. The van der Waals surface area contributed by atoms with Gasteiger partial charge in [-0.3, -0.25) is 9.59 Å². The number of benzene rings is 1. The first kappa shape index (κ1) is 17.9. The van der Waals surface area contributed by atoms with Gasteiger partial charge in [0.2, 0.25) is 5.91 Å². The van der Waals surface area contributed by atoms with Crippen molar-refractivity contribution in [3.63, 3.8) is 0 Å². The summed E-state index contributed by atoms with van der Waals surface area (Å²) >= 11 is 0. The first-order valence-electron chi connectivity index (χ1n) is 9.17. The minimum atomic E-state index is -0.373. The standard InChI is InChI=1S/C19H27N3O3/c23-18(8-4-7-16-5-2-1-3-6-16)21-10-12-22(13-11-21)19(24)17-15-20-9-14-25-17/h1-3,5-6,17,20H,4,7-15H2. The molecule has 0 aromatic heterocycles. The van der Waals surface area contributed by atoms with Gasteiger partial charge in [-0.05, 0) is 18.4 Å². The lowest BCUT2D eigenvalue weighted by Gasteiger charge is -2.37. The molecule has 136 valence electrons. The molecule has 2 aliphatic heterocycles. The van der Waals surface area contributed by atoms with Gasteiger partial charge in [-0.15, -0.1) is 0 Å². The second-order valence-corrected chi connectivity index (χ2v) is 6.61. The van der Waals surface area contributed by atoms with Gasteiger partial charge in [0.15, 0.2) is 0 Å². The first-order chi connectivity index (χ1) is 12.2. The van der Waals surface area contributed by atoms with E-state index < -0.39 is 0 Å². The summed E-state index contributed by atoms with van der Waals surface area (Å²) < 4.78 is 5.53. The molecule has 0 spiro atoms. The molecule has 2 aliphatic rings. The van der Waals surface area contributed by atoms with Gasteiger partial charge in [-0.1, -0.05) is 30.3 Å². The average Bonchev–Trinajstić information content (AvgIpc) is 2.69. The maximum Gasteiger partial charge on any atom is 0.253 e. The molecule has 2 fully saturated rings. The van der Waals surface area contributed by atoms with Gasteiger partial charge in [0, 0.05) is 45.7 Å². The number of nitrogens with zero attached hydrogens (tertiary/aromatic N) is 2. The van der Waals surface area contributed by atoms with Gasteiger partial charge in [0.1, 0.15) is 6.10 Å². The topological polar surface area (TPSA) is 61.9 Å². The lowest BCUT2D eigenvalue weighted by atomic mass is 10.1. The van der Waals surface area contributed by atoms with Crippen LogP contribution in [0.3, 0.4) is 0 Å². The highest BCUT2D eigenvalue weighted by Crippen LogP contribution is 2.11. The highest BCUT2D eigenvalue weighted by atomic mass is 16.5. The van der Waals surface area contributed by atoms with Crippen molar-refractivity contribution in [1.29, 1.82) is 0 Å². The number of ether oxygens (including phenoxy) is 1. The van der Waals surface area contributed by atoms with E-state index in [1.165, 1.54) is 5.56 Å². The van der Waals surface area contributed by atoms with E-state index in [0.717, 1.165) is 19.4 Å². The minimum Gasteiger partial charge on any atom is -0.366 e. The largest absolute Gasteiger partial charge is 0.366 e. The summed E-state index contributed by atoms with van der Waals surface area (Å²) in [4.78, 5) is 28.5. The summed E-state index contributed by atoms with van der Waals surface area (Å²) in [5.74, 6) is 0.238. The molecule has 1 N–H and O–H groups in total. The van der Waals surface area contributed by atoms with Gasteiger partial charge in [0.05, 0.1) is 6.61 Å². The average molecular weight is 345 g/mol. The van der Waals surface area contributed by atoms with E-state index >= 15 is 0 Å². The monoisotopic (exact) mass is 345 g/mol. The molecule has 1 aromatic carbocycles. The van der Waals surface area contributed by atoms with Crippen molar-refractivity contribution < 1.29 is 14.3 Å². The normalized spacial score (nSPS) is 21.2. The number of hydrogen-bond donors (Lipinski definition) is 1. The number of hydrogen-bond acceptors (Lipinski definition) is 4. The maximum atomic E-state index is 12.4. The Morgan fingerprint density at radius 2 is 1.80 bits per heavy atom. The molecule has 2 heterocycles. The summed E-state index contributed by atoms with van der Waals surface area (Å²) in [6.07, 6.45) is 1.99. The van der Waals surface area contributed by atoms with E-state index in [1.54, 1.807) is 0 Å². The zero-order valence-corrected chi connectivity index (χ0v) is 14.7. The molecule has 6 heteroatoms. The van der Waals surface area contributed by atoms with Gasteiger partial charge >= 0.3 is 0 Å². The molecule has 2 amide bonds. The molecule has 6 nitrogen and oxygen atoms in total. The van der Waals surface area contributed by atoms with Crippen molar-refractivity contribution in [3.05, 3.63) is 35.9 Å². The summed E-state index contributed by atoms with van der Waals surface area (Å²) in [7, 11) is 0. The number of carbonyl (C=O) groups excluding carboxylic acids is 2. The summed E-state index contributed by atoms with van der Waals surface area (Å²) in [6, 6.07) is 10.2. The second kappa shape index (κ2) is 8.97. The molecular formula is C19H27N3O3. The summed E-state index contributed by atoms with van der Waals surface area (Å²) in [5, 5.41) is 3.18. The van der Waals surface area contributed by atoms with Crippen LogP contribution in [-0.4, -0.2) is 73.6 Å². The molecule has 2 saturated heterocycles. The molecule has 0 saturated carbocycles. The fraction of sp³-hybridized carbons (Fsp3) is 0.579. The minimum absolute atomic E-state index is 0.0448. The van der Waals surface area contributed by atoms with Crippen LogP contribution in [0.2, 0.25) is 0 Å². The van der Waals surface area contributed by atoms with E-state index in [0.29, 0.717) is 45.8 Å². The Morgan fingerprint density at radius 1 is 1.08 bits per heavy atom. The van der Waals surface area contributed by atoms with Gasteiger partial charge in [-0.2, -0.15) is 0 Å². The number of nitrogens with one attached hydrogen (secondary N) is 1. The first-order valence-corrected chi connectivity index (χ1v) is 9.17. The van der Waals surface area contributed by atoms with Crippen LogP contribution >= 0.6 is 0 Å². The number of morpholine rings is 1. The molecule has 3 rings (SSSR count). The third-order valence-electron chi connectivity index (χ3n) is 4.85. The molecule has 0 bridgehead atoms. The number of piperazine rings is 1. The Bertz CT molecular complexity index is 565. The molecule has 25 heavy (non-hydrogen) atoms. The number of rotatable bonds is 5. The van der Waals surface area contributed by atoms with Gasteiger partial charge in [-0.25, -0.2) is 0 Å². The number of amides is 2. The quantitative estimate of drug-likeness (QED) is 0.852. The Morgan fingerprint density at radius 3 is 2.48 bits per heavy atom. The fourth-order valence-corrected chi connectivity index (χ4v) is 3.35. The molecule has 1 atom stereocenters. The lowest BCUT2D eigenvalue weighted by molar-refractivity contribution is -0.149. The molecule has 0 radical (unpaired) electrons. The number of carbonyl (C=O) groups is 2. The third kappa shape index (κ3) is 5.03. The molecule has 0 aliphatic carbocycles. The van der Waals surface area contributed by atoms with Crippen LogP contribution in [0.1, 0.15) is 18.4 Å². The Labute approximate surface area is 149 Å². The molecule has 1 aromatic rings. The predicted molar refractivity (Wildman–Crippen MR) is 95.1 cm³/mol. The van der Waals surface area contributed by atoms with Crippen LogP contribution < -0.4 is 5.32 Å². The van der Waals surface area contributed by atoms with E-state index in [-0.39, 0.29) is 17.9 Å². The van der Waals surface area contributed by atoms with Gasteiger partial charge in [0.25, 0.3) is 5.91 Å². The van der Waals surface area contributed by atoms with E-state index in [9.17, 15) is 9.59 Å². The smallest absolute Gasteiger partial charge is 0.253 e. The number of aryl methyl sites for hydroxylation is 1. The van der Waals surface area contributed by atoms with Crippen molar-refractivity contribution in [2.75, 3.05) is 45.9 Å². The summed E-state index contributed by atoms with van der Waals surface area (Å²) in [6.45, 7) is 4.40. The van der Waals surface area contributed by atoms with Crippen LogP contribution in [0.5, 0.6) is 0 Å². The fourth-order valence-electron chi connectivity index (χ4n) is 3.35. The van der Waals surface area contributed by atoms with Crippen LogP contribution in [0, 0.1) is 0 Å². The second-order valence-electron chi connectivity index (χ2n) is 6.61. The van der Waals surface area contributed by atoms with Crippen LogP contribution in [-0.2, 0) is 20.7 Å². The van der Waals surface area contributed by atoms with Crippen LogP contribution in [0.15, 0.2) is 30.3 Å². The van der Waals surface area contributed by atoms with Crippen LogP contribution in [0.4, 0.5) is 0 Å². The lowest BCUT2D eigenvalue weighted by Crippen LogP contribution is -2.55. The predicted octanol–water partition coefficient (Wildman–Crippen LogP) is 0.669. The summed E-state index contributed by atoms with van der Waals surface area (Å²) in [5.41, 5.74) is 1.27. The van der Waals surface area contributed by atoms with Crippen molar-refractivity contribution >= 4 is 11.8 Å². The van der Waals surface area contributed by atoms with Crippen LogP contribution in [0.25, 0.3) is 0 Å². The Hall–Kier alpha value is -1.92. The third-order valence-corrected chi connectivity index (χ3v) is 4.85. The van der Waals surface area contributed by atoms with Gasteiger partial charge < -0.3 is 19.9 Å². The highest BCUT2D eigenvalue weighted by Gasteiger charge is 2.30.